The Kier molecular flexibility index (Phi) is 5.27. The van der Waals surface area contributed by atoms with Crippen molar-refractivity contribution in [1.82, 2.24) is 10.3 Å². The van der Waals surface area contributed by atoms with E-state index in [0.717, 1.165) is 16.1 Å². The fourth-order valence-electron chi connectivity index (χ4n) is 2.50. The number of amides is 1. The highest BCUT2D eigenvalue weighted by molar-refractivity contribution is 7.92. The van der Waals surface area contributed by atoms with Crippen LogP contribution in [-0.2, 0) is 16.6 Å². The lowest BCUT2D eigenvalue weighted by Crippen LogP contribution is -2.30. The van der Waals surface area contributed by atoms with Gasteiger partial charge in [-0.05, 0) is 23.8 Å². The summed E-state index contributed by atoms with van der Waals surface area (Å²) in [6.45, 7) is 0.184. The second-order valence-electron chi connectivity index (χ2n) is 5.95. The third-order valence-corrected chi connectivity index (χ3v) is 5.19. The highest BCUT2D eigenvalue weighted by Gasteiger charge is 2.22. The quantitative estimate of drug-likeness (QED) is 0.704. The maximum absolute atomic E-state index is 12.8. The van der Waals surface area contributed by atoms with Crippen molar-refractivity contribution >= 4 is 21.7 Å². The normalized spacial score (nSPS) is 11.2. The minimum absolute atomic E-state index is 0.0640. The smallest absolute Gasteiger partial charge is 0.255 e. The van der Waals surface area contributed by atoms with Crippen LogP contribution in [0.5, 0.6) is 0 Å². The molecule has 0 unspecified atom stereocenters. The van der Waals surface area contributed by atoms with Crippen LogP contribution in [0.1, 0.15) is 16.1 Å². The van der Waals surface area contributed by atoms with Crippen LogP contribution < -0.4 is 9.62 Å². The number of furan rings is 1. The summed E-state index contributed by atoms with van der Waals surface area (Å²) >= 11 is 0. The fraction of sp³-hybridized carbons (Fsp3) is 0.158. The molecule has 1 amide bonds. The number of carbonyl (C=O) groups is 1. The van der Waals surface area contributed by atoms with Crippen molar-refractivity contribution in [1.29, 1.82) is 0 Å². The largest absolute Gasteiger partial charge is 0.467 e. The van der Waals surface area contributed by atoms with Crippen LogP contribution in [0, 0.1) is 0 Å². The maximum atomic E-state index is 12.8. The van der Waals surface area contributed by atoms with Gasteiger partial charge in [0, 0.05) is 18.8 Å². The van der Waals surface area contributed by atoms with Crippen LogP contribution in [-0.4, -0.2) is 32.6 Å². The zero-order valence-corrected chi connectivity index (χ0v) is 15.7. The van der Waals surface area contributed by atoms with E-state index >= 15 is 0 Å². The Bertz CT molecular complexity index is 1030. The van der Waals surface area contributed by atoms with Gasteiger partial charge in [-0.15, -0.1) is 0 Å². The molecule has 0 aliphatic carbocycles. The Morgan fingerprint density at radius 1 is 1.15 bits per heavy atom. The van der Waals surface area contributed by atoms with Gasteiger partial charge in [-0.2, -0.15) is 0 Å². The molecule has 0 saturated carbocycles. The molecule has 0 radical (unpaired) electrons. The summed E-state index contributed by atoms with van der Waals surface area (Å²) in [6.07, 6.45) is 4.13. The average molecular weight is 385 g/mol. The summed E-state index contributed by atoms with van der Waals surface area (Å²) in [5.41, 5.74) is 1.75. The predicted molar refractivity (Wildman–Crippen MR) is 103 cm³/mol. The molecule has 0 saturated heterocycles. The third kappa shape index (κ3) is 4.35. The van der Waals surface area contributed by atoms with Crippen molar-refractivity contribution < 1.29 is 17.6 Å². The zero-order chi connectivity index (χ0) is 19.4. The van der Waals surface area contributed by atoms with E-state index in [9.17, 15) is 13.2 Å². The van der Waals surface area contributed by atoms with E-state index in [-0.39, 0.29) is 17.9 Å². The molecule has 0 bridgehead atoms. The molecule has 0 aliphatic heterocycles. The van der Waals surface area contributed by atoms with Gasteiger partial charge in [0.2, 0.25) is 10.0 Å². The Hall–Kier alpha value is -3.13. The van der Waals surface area contributed by atoms with Crippen molar-refractivity contribution in [3.05, 3.63) is 72.3 Å². The molecule has 0 fully saturated rings. The van der Waals surface area contributed by atoms with E-state index in [1.165, 1.54) is 13.3 Å². The zero-order valence-electron chi connectivity index (χ0n) is 14.9. The van der Waals surface area contributed by atoms with Crippen LogP contribution in [0.25, 0.3) is 11.1 Å². The number of nitrogens with one attached hydrogen (secondary N) is 1. The number of sulfonamides is 1. The number of rotatable bonds is 6. The van der Waals surface area contributed by atoms with Gasteiger partial charge < -0.3 is 9.73 Å². The molecule has 3 rings (SSSR count). The molecule has 0 atom stereocenters. The van der Waals surface area contributed by atoms with Gasteiger partial charge in [-0.1, -0.05) is 30.3 Å². The van der Waals surface area contributed by atoms with Crippen LogP contribution in [0.2, 0.25) is 0 Å². The van der Waals surface area contributed by atoms with Crippen molar-refractivity contribution in [2.75, 3.05) is 17.6 Å². The van der Waals surface area contributed by atoms with Crippen molar-refractivity contribution in [2.45, 2.75) is 6.54 Å². The standard InChI is InChI=1S/C19H19N3O4S/c1-22(27(2,24)25)18-17(19(23)21-13-16-9-6-10-26-16)11-15(12-20-18)14-7-4-3-5-8-14/h3-12H,13H2,1-2H3,(H,21,23). The molecule has 2 heterocycles. The van der Waals surface area contributed by atoms with E-state index in [0.29, 0.717) is 11.3 Å². The van der Waals surface area contributed by atoms with E-state index in [4.69, 9.17) is 4.42 Å². The van der Waals surface area contributed by atoms with Gasteiger partial charge >= 0.3 is 0 Å². The average Bonchev–Trinajstić information content (AvgIpc) is 3.18. The van der Waals surface area contributed by atoms with Crippen LogP contribution >= 0.6 is 0 Å². The molecule has 3 aromatic rings. The van der Waals surface area contributed by atoms with Gasteiger partial charge in [0.15, 0.2) is 5.82 Å². The lowest BCUT2D eigenvalue weighted by molar-refractivity contribution is 0.0948. The number of pyridine rings is 1. The molecule has 8 heteroatoms. The SMILES string of the molecule is CN(c1ncc(-c2ccccc2)cc1C(=O)NCc1ccco1)S(C)(=O)=O. The van der Waals surface area contributed by atoms with Gasteiger partial charge in [0.05, 0.1) is 24.6 Å². The lowest BCUT2D eigenvalue weighted by atomic mass is 10.1. The van der Waals surface area contributed by atoms with Crippen LogP contribution in [0.4, 0.5) is 5.82 Å². The Morgan fingerprint density at radius 3 is 2.52 bits per heavy atom. The molecule has 7 nitrogen and oxygen atoms in total. The van der Waals surface area contributed by atoms with Crippen LogP contribution in [0.3, 0.4) is 0 Å². The molecule has 0 spiro atoms. The molecule has 1 aromatic carbocycles. The second kappa shape index (κ2) is 7.63. The minimum Gasteiger partial charge on any atom is -0.467 e. The first-order chi connectivity index (χ1) is 12.9. The van der Waals surface area contributed by atoms with Crippen molar-refractivity contribution in [3.63, 3.8) is 0 Å². The number of hydrogen-bond acceptors (Lipinski definition) is 5. The maximum Gasteiger partial charge on any atom is 0.255 e. The molecule has 1 N–H and O–H groups in total. The van der Waals surface area contributed by atoms with Gasteiger partial charge in [0.1, 0.15) is 5.76 Å². The number of carbonyl (C=O) groups excluding carboxylic acids is 1. The number of hydrogen-bond donors (Lipinski definition) is 1. The Balaban J connectivity index is 1.99. The summed E-state index contributed by atoms with van der Waals surface area (Å²) in [5.74, 6) is 0.213. The van der Waals surface area contributed by atoms with E-state index in [1.54, 1.807) is 24.4 Å². The van der Waals surface area contributed by atoms with Gasteiger partial charge in [-0.3, -0.25) is 9.10 Å². The van der Waals surface area contributed by atoms with Crippen molar-refractivity contribution in [3.8, 4) is 11.1 Å². The highest BCUT2D eigenvalue weighted by Crippen LogP contribution is 2.26. The van der Waals surface area contributed by atoms with Crippen molar-refractivity contribution in [2.24, 2.45) is 0 Å². The van der Waals surface area contributed by atoms with Gasteiger partial charge in [0.25, 0.3) is 5.91 Å². The third-order valence-electron chi connectivity index (χ3n) is 4.02. The molecular formula is C19H19N3O4S. The Labute approximate surface area is 157 Å². The molecule has 27 heavy (non-hydrogen) atoms. The lowest BCUT2D eigenvalue weighted by Gasteiger charge is -2.19. The number of benzene rings is 1. The topological polar surface area (TPSA) is 92.5 Å². The van der Waals surface area contributed by atoms with E-state index in [2.05, 4.69) is 10.3 Å². The first-order valence-electron chi connectivity index (χ1n) is 8.16. The van der Waals surface area contributed by atoms with E-state index < -0.39 is 15.9 Å². The summed E-state index contributed by atoms with van der Waals surface area (Å²) in [7, 11) is -2.21. The Morgan fingerprint density at radius 2 is 1.89 bits per heavy atom. The predicted octanol–water partition coefficient (Wildman–Crippen LogP) is 2.67. The molecule has 140 valence electrons. The highest BCUT2D eigenvalue weighted by atomic mass is 32.2. The molecular weight excluding hydrogens is 366 g/mol. The fourth-order valence-corrected chi connectivity index (χ4v) is 2.96. The monoisotopic (exact) mass is 385 g/mol. The van der Waals surface area contributed by atoms with E-state index in [1.807, 2.05) is 30.3 Å². The number of nitrogens with zero attached hydrogens (tertiary/aromatic N) is 2. The summed E-state index contributed by atoms with van der Waals surface area (Å²) in [4.78, 5) is 17.0. The summed E-state index contributed by atoms with van der Waals surface area (Å²) in [5, 5.41) is 2.73. The van der Waals surface area contributed by atoms with Crippen LogP contribution in [0.15, 0.2) is 65.4 Å². The number of aromatic nitrogens is 1. The summed E-state index contributed by atoms with van der Waals surface area (Å²) in [6, 6.07) is 14.5. The molecule has 2 aromatic heterocycles. The number of anilines is 1. The first kappa shape index (κ1) is 18.7. The molecule has 0 aliphatic rings. The second-order valence-corrected chi connectivity index (χ2v) is 7.97. The summed E-state index contributed by atoms with van der Waals surface area (Å²) < 4.78 is 30.1. The minimum atomic E-state index is -3.58. The van der Waals surface area contributed by atoms with Gasteiger partial charge in [-0.25, -0.2) is 13.4 Å². The first-order valence-corrected chi connectivity index (χ1v) is 10.0.